The average molecular weight is 214 g/mol. The Balaban J connectivity index is 2.03. The number of hydrogen-bond acceptors (Lipinski definition) is 4. The fourth-order valence-electron chi connectivity index (χ4n) is 1.10. The predicted molar refractivity (Wildman–Crippen MR) is 59.6 cm³/mol. The van der Waals surface area contributed by atoms with Crippen LogP contribution in [0.1, 0.15) is 26.7 Å². The molecule has 1 heterocycles. The summed E-state index contributed by atoms with van der Waals surface area (Å²) in [6.07, 6.45) is 5.63. The molecule has 0 spiro atoms. The molecule has 1 N–H and O–H groups in total. The number of hydrogen-bond donors (Lipinski definition) is 1. The van der Waals surface area contributed by atoms with Crippen LogP contribution in [0.2, 0.25) is 0 Å². The van der Waals surface area contributed by atoms with Gasteiger partial charge in [0.2, 0.25) is 0 Å². The summed E-state index contributed by atoms with van der Waals surface area (Å²) >= 11 is 1.67. The van der Waals surface area contributed by atoms with Gasteiger partial charge in [0.1, 0.15) is 6.26 Å². The van der Waals surface area contributed by atoms with Crippen LogP contribution in [-0.2, 0) is 0 Å². The zero-order chi connectivity index (χ0) is 10.2. The normalized spacial score (nSPS) is 13.0. The molecule has 14 heavy (non-hydrogen) atoms. The van der Waals surface area contributed by atoms with Crippen LogP contribution >= 0.6 is 11.8 Å². The van der Waals surface area contributed by atoms with Gasteiger partial charge in [-0.15, -0.1) is 0 Å². The molecule has 1 aromatic heterocycles. The molecule has 0 aliphatic carbocycles. The van der Waals surface area contributed by atoms with Crippen molar-refractivity contribution in [1.82, 2.24) is 10.3 Å². The summed E-state index contributed by atoms with van der Waals surface area (Å²) in [5.74, 6) is 1.05. The minimum Gasteiger partial charge on any atom is -0.440 e. The first kappa shape index (κ1) is 11.6. The van der Waals surface area contributed by atoms with Crippen LogP contribution in [0.4, 0.5) is 0 Å². The van der Waals surface area contributed by atoms with E-state index in [4.69, 9.17) is 4.42 Å². The highest BCUT2D eigenvalue weighted by atomic mass is 32.2. The largest absolute Gasteiger partial charge is 0.440 e. The summed E-state index contributed by atoms with van der Waals surface area (Å²) in [6, 6.07) is 0.581. The highest BCUT2D eigenvalue weighted by molar-refractivity contribution is 7.99. The highest BCUT2D eigenvalue weighted by Gasteiger charge is 2.02. The lowest BCUT2D eigenvalue weighted by Gasteiger charge is -2.11. The monoisotopic (exact) mass is 214 g/mol. The van der Waals surface area contributed by atoms with Crippen LogP contribution < -0.4 is 5.32 Å². The van der Waals surface area contributed by atoms with Crippen molar-refractivity contribution in [3.63, 3.8) is 0 Å². The van der Waals surface area contributed by atoms with Gasteiger partial charge in [-0.3, -0.25) is 0 Å². The summed E-state index contributed by atoms with van der Waals surface area (Å²) in [4.78, 5) is 4.05. The molecule has 80 valence electrons. The number of thioether (sulfide) groups is 1. The average Bonchev–Trinajstić information content (AvgIpc) is 2.67. The molecule has 0 fully saturated rings. The van der Waals surface area contributed by atoms with Crippen molar-refractivity contribution in [2.24, 2.45) is 0 Å². The molecule has 1 aromatic rings. The third-order valence-electron chi connectivity index (χ3n) is 1.93. The highest BCUT2D eigenvalue weighted by Crippen LogP contribution is 2.16. The summed E-state index contributed by atoms with van der Waals surface area (Å²) in [6.45, 7) is 5.50. The molecule has 1 unspecified atom stereocenters. The predicted octanol–water partition coefficient (Wildman–Crippen LogP) is 2.54. The maximum Gasteiger partial charge on any atom is 0.255 e. The van der Waals surface area contributed by atoms with E-state index in [1.165, 1.54) is 6.42 Å². The maximum absolute atomic E-state index is 5.13. The van der Waals surface area contributed by atoms with Crippen molar-refractivity contribution in [2.75, 3.05) is 12.3 Å². The second-order valence-electron chi connectivity index (χ2n) is 3.29. The Morgan fingerprint density at radius 2 is 2.50 bits per heavy atom. The molecule has 1 atom stereocenters. The van der Waals surface area contributed by atoms with Crippen LogP contribution in [0, 0.1) is 0 Å². The first-order chi connectivity index (χ1) is 6.83. The molecule has 0 amide bonds. The maximum atomic E-state index is 5.13. The Labute approximate surface area is 89.7 Å². The SMILES string of the molecule is CCCNC(C)CCSc1ncco1. The smallest absolute Gasteiger partial charge is 0.255 e. The van der Waals surface area contributed by atoms with Crippen molar-refractivity contribution in [3.8, 4) is 0 Å². The lowest BCUT2D eigenvalue weighted by atomic mass is 10.2. The van der Waals surface area contributed by atoms with E-state index in [-0.39, 0.29) is 0 Å². The fraction of sp³-hybridized carbons (Fsp3) is 0.700. The van der Waals surface area contributed by atoms with Gasteiger partial charge in [-0.05, 0) is 26.3 Å². The molecule has 4 heteroatoms. The first-order valence-corrected chi connectivity index (χ1v) is 6.07. The van der Waals surface area contributed by atoms with Crippen LogP contribution in [0.5, 0.6) is 0 Å². The molecule has 0 bridgehead atoms. The van der Waals surface area contributed by atoms with E-state index in [0.29, 0.717) is 6.04 Å². The molecular weight excluding hydrogens is 196 g/mol. The van der Waals surface area contributed by atoms with Crippen molar-refractivity contribution in [3.05, 3.63) is 12.5 Å². The summed E-state index contributed by atoms with van der Waals surface area (Å²) in [5.41, 5.74) is 0. The van der Waals surface area contributed by atoms with Crippen LogP contribution in [0.3, 0.4) is 0 Å². The zero-order valence-electron chi connectivity index (χ0n) is 8.82. The topological polar surface area (TPSA) is 38.1 Å². The van der Waals surface area contributed by atoms with E-state index in [9.17, 15) is 0 Å². The van der Waals surface area contributed by atoms with Gasteiger partial charge in [-0.1, -0.05) is 18.7 Å². The third kappa shape index (κ3) is 4.67. The summed E-state index contributed by atoms with van der Waals surface area (Å²) < 4.78 is 5.13. The molecule has 0 aromatic carbocycles. The van der Waals surface area contributed by atoms with Crippen LogP contribution in [0.25, 0.3) is 0 Å². The van der Waals surface area contributed by atoms with Gasteiger partial charge in [0, 0.05) is 11.8 Å². The minimum atomic E-state index is 0.581. The van der Waals surface area contributed by atoms with Crippen molar-refractivity contribution in [1.29, 1.82) is 0 Å². The number of oxazole rings is 1. The van der Waals surface area contributed by atoms with Gasteiger partial charge >= 0.3 is 0 Å². The second-order valence-corrected chi connectivity index (χ2v) is 4.34. The van der Waals surface area contributed by atoms with Crippen LogP contribution in [-0.4, -0.2) is 23.3 Å². The number of nitrogens with zero attached hydrogens (tertiary/aromatic N) is 1. The lowest BCUT2D eigenvalue weighted by molar-refractivity contribution is 0.453. The summed E-state index contributed by atoms with van der Waals surface area (Å²) in [7, 11) is 0. The van der Waals surface area contributed by atoms with E-state index in [1.807, 2.05) is 0 Å². The van der Waals surface area contributed by atoms with E-state index < -0.39 is 0 Å². The third-order valence-corrected chi connectivity index (χ3v) is 2.82. The molecular formula is C10H18N2OS. The second kappa shape index (κ2) is 6.90. The Kier molecular flexibility index (Phi) is 5.71. The number of aromatic nitrogens is 1. The molecule has 0 radical (unpaired) electrons. The van der Waals surface area contributed by atoms with E-state index in [2.05, 4.69) is 24.1 Å². The first-order valence-electron chi connectivity index (χ1n) is 5.08. The Morgan fingerprint density at radius 1 is 1.64 bits per heavy atom. The fourth-order valence-corrected chi connectivity index (χ4v) is 2.00. The van der Waals surface area contributed by atoms with Gasteiger partial charge in [-0.25, -0.2) is 4.98 Å². The molecule has 1 rings (SSSR count). The van der Waals surface area contributed by atoms with Gasteiger partial charge < -0.3 is 9.73 Å². The molecule has 0 saturated carbocycles. The van der Waals surface area contributed by atoms with E-state index in [0.717, 1.165) is 23.9 Å². The van der Waals surface area contributed by atoms with Crippen molar-refractivity contribution < 1.29 is 4.42 Å². The number of nitrogens with one attached hydrogen (secondary N) is 1. The molecule has 0 aliphatic heterocycles. The Morgan fingerprint density at radius 3 is 3.14 bits per heavy atom. The Hall–Kier alpha value is -0.480. The quantitative estimate of drug-likeness (QED) is 0.708. The van der Waals surface area contributed by atoms with E-state index in [1.54, 1.807) is 24.2 Å². The van der Waals surface area contributed by atoms with Gasteiger partial charge in [0.25, 0.3) is 5.22 Å². The van der Waals surface area contributed by atoms with Crippen molar-refractivity contribution in [2.45, 2.75) is 38.0 Å². The zero-order valence-corrected chi connectivity index (χ0v) is 9.64. The van der Waals surface area contributed by atoms with Gasteiger partial charge in [0.05, 0.1) is 6.20 Å². The van der Waals surface area contributed by atoms with Crippen LogP contribution in [0.15, 0.2) is 22.1 Å². The summed E-state index contributed by atoms with van der Waals surface area (Å²) in [5, 5.41) is 4.22. The molecule has 0 saturated heterocycles. The van der Waals surface area contributed by atoms with Gasteiger partial charge in [-0.2, -0.15) is 0 Å². The molecule has 3 nitrogen and oxygen atoms in total. The molecule has 0 aliphatic rings. The van der Waals surface area contributed by atoms with E-state index >= 15 is 0 Å². The lowest BCUT2D eigenvalue weighted by Crippen LogP contribution is -2.27. The number of rotatable bonds is 7. The minimum absolute atomic E-state index is 0.581. The van der Waals surface area contributed by atoms with Crippen molar-refractivity contribution >= 4 is 11.8 Å². The Bertz CT molecular complexity index is 226. The van der Waals surface area contributed by atoms with Gasteiger partial charge in [0.15, 0.2) is 0 Å². The standard InChI is InChI=1S/C10H18N2OS/c1-3-5-11-9(2)4-8-14-10-12-6-7-13-10/h6-7,9,11H,3-5,8H2,1-2H3.